The fraction of sp³-hybridized carbons (Fsp3) is 0.889. The molecule has 0 aromatic rings. The van der Waals surface area contributed by atoms with Crippen molar-refractivity contribution in [3.63, 3.8) is 0 Å². The van der Waals surface area contributed by atoms with Gasteiger partial charge in [-0.2, -0.15) is 0 Å². The third-order valence-electron chi connectivity index (χ3n) is 1.75. The Hall–Kier alpha value is -0.570. The van der Waals surface area contributed by atoms with Crippen LogP contribution in [-0.2, 0) is 14.3 Å². The average molecular weight is 174 g/mol. The van der Waals surface area contributed by atoms with Gasteiger partial charge in [0.2, 0.25) is 0 Å². The molecule has 0 aromatic carbocycles. The third kappa shape index (κ3) is 5.13. The zero-order chi connectivity index (χ0) is 9.40. The van der Waals surface area contributed by atoms with Crippen molar-refractivity contribution >= 4 is 5.97 Å². The summed E-state index contributed by atoms with van der Waals surface area (Å²) in [6, 6.07) is 0. The van der Waals surface area contributed by atoms with E-state index in [2.05, 4.69) is 6.92 Å². The SMILES string of the molecule is CCC(=O)OCC(CC)COC. The van der Waals surface area contributed by atoms with E-state index in [0.717, 1.165) is 6.42 Å². The maximum Gasteiger partial charge on any atom is 0.305 e. The predicted octanol–water partition coefficient (Wildman–Crippen LogP) is 1.61. The smallest absolute Gasteiger partial charge is 0.305 e. The van der Waals surface area contributed by atoms with Crippen LogP contribution in [0, 0.1) is 5.92 Å². The summed E-state index contributed by atoms with van der Waals surface area (Å²) in [7, 11) is 1.66. The minimum atomic E-state index is -0.135. The standard InChI is InChI=1S/C9H18O3/c1-4-8(6-11-3)7-12-9(10)5-2/h8H,4-7H2,1-3H3. The summed E-state index contributed by atoms with van der Waals surface area (Å²) >= 11 is 0. The second-order valence-electron chi connectivity index (χ2n) is 2.77. The number of methoxy groups -OCH3 is 1. The molecule has 3 heteroatoms. The number of ether oxygens (including phenoxy) is 2. The van der Waals surface area contributed by atoms with E-state index in [-0.39, 0.29) is 5.97 Å². The number of hydrogen-bond donors (Lipinski definition) is 0. The first-order valence-corrected chi connectivity index (χ1v) is 4.39. The topological polar surface area (TPSA) is 35.5 Å². The van der Waals surface area contributed by atoms with Crippen LogP contribution in [0.15, 0.2) is 0 Å². The summed E-state index contributed by atoms with van der Waals surface area (Å²) in [6.07, 6.45) is 1.42. The fourth-order valence-electron chi connectivity index (χ4n) is 0.832. The van der Waals surface area contributed by atoms with Crippen molar-refractivity contribution in [1.82, 2.24) is 0 Å². The fourth-order valence-corrected chi connectivity index (χ4v) is 0.832. The summed E-state index contributed by atoms with van der Waals surface area (Å²) in [6.45, 7) is 4.99. The van der Waals surface area contributed by atoms with Crippen LogP contribution in [0.25, 0.3) is 0 Å². The van der Waals surface area contributed by atoms with Crippen molar-refractivity contribution in [1.29, 1.82) is 0 Å². The second-order valence-corrected chi connectivity index (χ2v) is 2.77. The van der Waals surface area contributed by atoms with E-state index >= 15 is 0 Å². The van der Waals surface area contributed by atoms with Gasteiger partial charge in [-0.05, 0) is 6.42 Å². The molecule has 0 bridgehead atoms. The third-order valence-corrected chi connectivity index (χ3v) is 1.75. The van der Waals surface area contributed by atoms with Crippen molar-refractivity contribution in [2.45, 2.75) is 26.7 Å². The van der Waals surface area contributed by atoms with Crippen molar-refractivity contribution in [2.24, 2.45) is 5.92 Å². The van der Waals surface area contributed by atoms with E-state index in [1.807, 2.05) is 0 Å². The lowest BCUT2D eigenvalue weighted by Crippen LogP contribution is -2.17. The Labute approximate surface area is 74.0 Å². The Morgan fingerprint density at radius 3 is 2.42 bits per heavy atom. The molecule has 0 aromatic heterocycles. The van der Waals surface area contributed by atoms with Crippen LogP contribution in [0.3, 0.4) is 0 Å². The van der Waals surface area contributed by atoms with Gasteiger partial charge in [0, 0.05) is 19.4 Å². The number of rotatable bonds is 6. The zero-order valence-corrected chi connectivity index (χ0v) is 8.13. The average Bonchev–Trinajstić information content (AvgIpc) is 2.11. The largest absolute Gasteiger partial charge is 0.465 e. The number of carbonyl (C=O) groups excluding carboxylic acids is 1. The molecule has 0 amide bonds. The van der Waals surface area contributed by atoms with E-state index in [1.165, 1.54) is 0 Å². The lowest BCUT2D eigenvalue weighted by molar-refractivity contribution is -0.145. The van der Waals surface area contributed by atoms with Gasteiger partial charge in [-0.3, -0.25) is 4.79 Å². The van der Waals surface area contributed by atoms with Crippen LogP contribution in [0.1, 0.15) is 26.7 Å². The van der Waals surface area contributed by atoms with E-state index in [0.29, 0.717) is 25.6 Å². The van der Waals surface area contributed by atoms with Crippen LogP contribution in [0.2, 0.25) is 0 Å². The molecule has 0 heterocycles. The van der Waals surface area contributed by atoms with Gasteiger partial charge >= 0.3 is 5.97 Å². The minimum absolute atomic E-state index is 0.135. The van der Waals surface area contributed by atoms with Crippen LogP contribution in [0.5, 0.6) is 0 Å². The number of carbonyl (C=O) groups is 1. The van der Waals surface area contributed by atoms with Crippen LogP contribution in [0.4, 0.5) is 0 Å². The Kier molecular flexibility index (Phi) is 6.76. The summed E-state index contributed by atoms with van der Waals surface area (Å²) in [5.74, 6) is 0.204. The molecule has 3 nitrogen and oxygen atoms in total. The lowest BCUT2D eigenvalue weighted by atomic mass is 10.1. The molecule has 0 rings (SSSR count). The Morgan fingerprint density at radius 2 is 2.00 bits per heavy atom. The predicted molar refractivity (Wildman–Crippen MR) is 46.9 cm³/mol. The highest BCUT2D eigenvalue weighted by Crippen LogP contribution is 2.03. The van der Waals surface area contributed by atoms with Crippen molar-refractivity contribution in [3.05, 3.63) is 0 Å². The van der Waals surface area contributed by atoms with E-state index in [4.69, 9.17) is 9.47 Å². The second kappa shape index (κ2) is 7.10. The molecular formula is C9H18O3. The van der Waals surface area contributed by atoms with Gasteiger partial charge in [0.05, 0.1) is 13.2 Å². The zero-order valence-electron chi connectivity index (χ0n) is 8.13. The first kappa shape index (κ1) is 11.4. The molecule has 0 N–H and O–H groups in total. The molecule has 0 aliphatic heterocycles. The van der Waals surface area contributed by atoms with Crippen LogP contribution >= 0.6 is 0 Å². The van der Waals surface area contributed by atoms with E-state index < -0.39 is 0 Å². The maximum atomic E-state index is 10.8. The normalized spacial score (nSPS) is 12.6. The van der Waals surface area contributed by atoms with Gasteiger partial charge in [-0.25, -0.2) is 0 Å². The molecule has 12 heavy (non-hydrogen) atoms. The summed E-state index contributed by atoms with van der Waals surface area (Å²) in [5, 5.41) is 0. The summed E-state index contributed by atoms with van der Waals surface area (Å²) in [4.78, 5) is 10.8. The molecule has 0 saturated heterocycles. The minimum Gasteiger partial charge on any atom is -0.465 e. The first-order valence-electron chi connectivity index (χ1n) is 4.39. The molecule has 0 spiro atoms. The molecule has 0 aliphatic rings. The molecule has 0 aliphatic carbocycles. The van der Waals surface area contributed by atoms with Crippen LogP contribution in [-0.4, -0.2) is 26.3 Å². The molecular weight excluding hydrogens is 156 g/mol. The van der Waals surface area contributed by atoms with Gasteiger partial charge in [0.1, 0.15) is 0 Å². The number of esters is 1. The van der Waals surface area contributed by atoms with Crippen molar-refractivity contribution in [2.75, 3.05) is 20.3 Å². The van der Waals surface area contributed by atoms with E-state index in [9.17, 15) is 4.79 Å². The lowest BCUT2D eigenvalue weighted by Gasteiger charge is -2.13. The van der Waals surface area contributed by atoms with Crippen molar-refractivity contribution in [3.8, 4) is 0 Å². The quantitative estimate of drug-likeness (QED) is 0.574. The summed E-state index contributed by atoms with van der Waals surface area (Å²) in [5.41, 5.74) is 0. The van der Waals surface area contributed by atoms with Gasteiger partial charge in [0.25, 0.3) is 0 Å². The number of hydrogen-bond acceptors (Lipinski definition) is 3. The Bertz CT molecular complexity index is 123. The molecule has 0 saturated carbocycles. The van der Waals surface area contributed by atoms with Gasteiger partial charge in [0.15, 0.2) is 0 Å². The first-order chi connectivity index (χ1) is 5.74. The Balaban J connectivity index is 3.50. The summed E-state index contributed by atoms with van der Waals surface area (Å²) < 4.78 is 9.95. The molecule has 1 unspecified atom stereocenters. The monoisotopic (exact) mass is 174 g/mol. The van der Waals surface area contributed by atoms with Gasteiger partial charge < -0.3 is 9.47 Å². The highest BCUT2D eigenvalue weighted by molar-refractivity contribution is 5.68. The molecule has 0 fully saturated rings. The molecule has 0 radical (unpaired) electrons. The van der Waals surface area contributed by atoms with E-state index in [1.54, 1.807) is 14.0 Å². The molecule has 72 valence electrons. The van der Waals surface area contributed by atoms with Gasteiger partial charge in [-0.1, -0.05) is 13.8 Å². The Morgan fingerprint density at radius 1 is 1.33 bits per heavy atom. The highest BCUT2D eigenvalue weighted by Gasteiger charge is 2.08. The molecule has 1 atom stereocenters. The van der Waals surface area contributed by atoms with Crippen molar-refractivity contribution < 1.29 is 14.3 Å². The highest BCUT2D eigenvalue weighted by atomic mass is 16.5. The maximum absolute atomic E-state index is 10.8. The van der Waals surface area contributed by atoms with Gasteiger partial charge in [-0.15, -0.1) is 0 Å². The van der Waals surface area contributed by atoms with Crippen LogP contribution < -0.4 is 0 Å².